The van der Waals surface area contributed by atoms with Crippen molar-refractivity contribution in [1.82, 2.24) is 25.1 Å². The van der Waals surface area contributed by atoms with Gasteiger partial charge in [0.1, 0.15) is 22.6 Å². The number of methoxy groups -OCH3 is 1. The molecule has 0 unspecified atom stereocenters. The predicted molar refractivity (Wildman–Crippen MR) is 149 cm³/mol. The van der Waals surface area contributed by atoms with E-state index in [-0.39, 0.29) is 17.8 Å². The largest absolute Gasteiger partial charge is 0.496 e. The Balaban J connectivity index is 1.53. The number of nitrogens with two attached hydrogens (primary N) is 1. The van der Waals surface area contributed by atoms with Gasteiger partial charge in [-0.15, -0.1) is 0 Å². The van der Waals surface area contributed by atoms with Gasteiger partial charge in [-0.2, -0.15) is 10.1 Å². The molecule has 1 aromatic carbocycles. The Kier molecular flexibility index (Phi) is 9.89. The number of aromatic nitrogens is 4. The van der Waals surface area contributed by atoms with E-state index < -0.39 is 0 Å². The molecule has 1 fully saturated rings. The molecule has 0 bridgehead atoms. The Labute approximate surface area is 224 Å². The van der Waals surface area contributed by atoms with Crippen LogP contribution in [0.3, 0.4) is 0 Å². The number of ether oxygens (including phenoxy) is 2. The van der Waals surface area contributed by atoms with Gasteiger partial charge in [-0.1, -0.05) is 25.5 Å². The van der Waals surface area contributed by atoms with E-state index in [2.05, 4.69) is 50.8 Å². The van der Waals surface area contributed by atoms with Gasteiger partial charge in [-0.05, 0) is 50.7 Å². The van der Waals surface area contributed by atoms with Crippen molar-refractivity contribution in [2.45, 2.75) is 84.0 Å². The Hall–Kier alpha value is -3.24. The molecule has 4 N–H and O–H groups in total. The monoisotopic (exact) mass is 523 g/mol. The summed E-state index contributed by atoms with van der Waals surface area (Å²) in [6.07, 6.45) is 8.10. The van der Waals surface area contributed by atoms with E-state index >= 15 is 0 Å². The highest BCUT2D eigenvalue weighted by Crippen LogP contribution is 2.27. The quantitative estimate of drug-likeness (QED) is 0.286. The maximum absolute atomic E-state index is 11.4. The van der Waals surface area contributed by atoms with Gasteiger partial charge < -0.3 is 30.6 Å². The second-order valence-electron chi connectivity index (χ2n) is 10.1. The zero-order chi connectivity index (χ0) is 26.9. The van der Waals surface area contributed by atoms with Crippen molar-refractivity contribution < 1.29 is 14.3 Å². The van der Waals surface area contributed by atoms with Gasteiger partial charge in [-0.3, -0.25) is 4.68 Å². The number of nitrogens with one attached hydrogen (secondary N) is 2. The minimum absolute atomic E-state index is 0.178. The Morgan fingerprint density at radius 2 is 2.08 bits per heavy atom. The second-order valence-corrected chi connectivity index (χ2v) is 10.1. The van der Waals surface area contributed by atoms with E-state index in [4.69, 9.17) is 15.2 Å². The van der Waals surface area contributed by atoms with E-state index in [1.807, 2.05) is 4.68 Å². The highest BCUT2D eigenvalue weighted by molar-refractivity contribution is 5.86. The molecule has 0 spiro atoms. The minimum atomic E-state index is 0.178. The molecule has 1 saturated heterocycles. The molecule has 3 heterocycles. The molecule has 2 aromatic heterocycles. The van der Waals surface area contributed by atoms with Gasteiger partial charge in [0, 0.05) is 43.8 Å². The highest BCUT2D eigenvalue weighted by atomic mass is 16.5. The number of ketones is 1. The average Bonchev–Trinajstić information content (AvgIpc) is 3.31. The van der Waals surface area contributed by atoms with Crippen molar-refractivity contribution in [2.24, 2.45) is 0 Å². The number of Topliss-reactive ketones (excluding diaryl/α,β-unsaturated/α-hetero) is 1. The molecule has 10 heteroatoms. The smallest absolute Gasteiger partial charge is 0.222 e. The van der Waals surface area contributed by atoms with Crippen LogP contribution in [0.4, 0.5) is 11.8 Å². The summed E-state index contributed by atoms with van der Waals surface area (Å²) >= 11 is 0. The molecule has 1 aliphatic rings. The fourth-order valence-electron chi connectivity index (χ4n) is 5.02. The van der Waals surface area contributed by atoms with E-state index in [1.54, 1.807) is 20.2 Å². The molecule has 38 heavy (non-hydrogen) atoms. The zero-order valence-corrected chi connectivity index (χ0v) is 22.8. The standard InChI is InChI=1S/C28H41N7O3/c1-4-6-23(8-5-7-19(2)36)32-27-26-24(33-28(29)34-27)17-31-35(26)18-21-10-9-20(15-25(21)37-3)16-30-22-11-13-38-14-12-22/h9-10,15,17,22-23,30H,4-8,11-14,16,18H2,1-3H3,(H3,29,32,33,34)/t23-/m0/s1. The number of benzene rings is 1. The van der Waals surface area contributed by atoms with Crippen LogP contribution in [-0.2, 0) is 22.6 Å². The van der Waals surface area contributed by atoms with Crippen molar-refractivity contribution in [1.29, 1.82) is 0 Å². The molecular formula is C28H41N7O3. The number of carbonyl (C=O) groups excluding carboxylic acids is 1. The maximum atomic E-state index is 11.4. The second kappa shape index (κ2) is 13.5. The predicted octanol–water partition coefficient (Wildman–Crippen LogP) is 4.07. The molecule has 10 nitrogen and oxygen atoms in total. The van der Waals surface area contributed by atoms with Crippen LogP contribution in [0.5, 0.6) is 5.75 Å². The lowest BCUT2D eigenvalue weighted by molar-refractivity contribution is -0.117. The zero-order valence-electron chi connectivity index (χ0n) is 22.8. The first kappa shape index (κ1) is 27.8. The van der Waals surface area contributed by atoms with Crippen LogP contribution in [0, 0.1) is 0 Å². The molecule has 0 radical (unpaired) electrons. The van der Waals surface area contributed by atoms with Crippen molar-refractivity contribution in [3.63, 3.8) is 0 Å². The lowest BCUT2D eigenvalue weighted by Crippen LogP contribution is -2.34. The summed E-state index contributed by atoms with van der Waals surface area (Å²) in [5, 5.41) is 11.8. The summed E-state index contributed by atoms with van der Waals surface area (Å²) < 4.78 is 13.1. The number of fused-ring (bicyclic) bond motifs is 1. The van der Waals surface area contributed by atoms with Gasteiger partial charge in [0.25, 0.3) is 0 Å². The van der Waals surface area contributed by atoms with Crippen LogP contribution in [0.15, 0.2) is 24.4 Å². The first-order chi connectivity index (χ1) is 18.5. The van der Waals surface area contributed by atoms with Crippen molar-refractivity contribution in [2.75, 3.05) is 31.4 Å². The molecule has 0 saturated carbocycles. The Morgan fingerprint density at radius 3 is 2.82 bits per heavy atom. The van der Waals surface area contributed by atoms with Gasteiger partial charge in [0.2, 0.25) is 5.95 Å². The topological polar surface area (TPSA) is 129 Å². The fraction of sp³-hybridized carbons (Fsp3) is 0.571. The number of nitrogen functional groups attached to an aromatic ring is 1. The molecule has 4 rings (SSSR count). The van der Waals surface area contributed by atoms with Crippen LogP contribution < -0.4 is 21.1 Å². The normalized spacial score (nSPS) is 15.0. The third-order valence-electron chi connectivity index (χ3n) is 7.05. The number of hydrogen-bond donors (Lipinski definition) is 3. The number of hydrogen-bond acceptors (Lipinski definition) is 9. The molecule has 1 atom stereocenters. The van der Waals surface area contributed by atoms with E-state index in [0.717, 1.165) is 75.1 Å². The summed E-state index contributed by atoms with van der Waals surface area (Å²) in [7, 11) is 1.70. The Bertz CT molecular complexity index is 1210. The summed E-state index contributed by atoms with van der Waals surface area (Å²) in [5.41, 5.74) is 9.73. The first-order valence-corrected chi connectivity index (χ1v) is 13.7. The number of rotatable bonds is 14. The van der Waals surface area contributed by atoms with Crippen molar-refractivity contribution >= 4 is 28.6 Å². The number of anilines is 2. The lowest BCUT2D eigenvalue weighted by Gasteiger charge is -2.23. The van der Waals surface area contributed by atoms with Crippen molar-refractivity contribution in [3.05, 3.63) is 35.5 Å². The first-order valence-electron chi connectivity index (χ1n) is 13.7. The number of carbonyl (C=O) groups is 1. The van der Waals surface area contributed by atoms with Crippen molar-refractivity contribution in [3.8, 4) is 5.75 Å². The van der Waals surface area contributed by atoms with Crippen LogP contribution in [-0.4, -0.2) is 57.9 Å². The van der Waals surface area contributed by atoms with E-state index in [9.17, 15) is 4.79 Å². The molecule has 0 aliphatic carbocycles. The van der Waals surface area contributed by atoms with Gasteiger partial charge >= 0.3 is 0 Å². The SMILES string of the molecule is CCC[C@@H](CCCC(C)=O)Nc1nc(N)nc2cnn(Cc3ccc(CNC4CCOCC4)cc3OC)c12. The molecule has 1 aliphatic heterocycles. The summed E-state index contributed by atoms with van der Waals surface area (Å²) in [5.74, 6) is 1.91. The van der Waals surface area contributed by atoms with E-state index in [1.165, 1.54) is 5.56 Å². The lowest BCUT2D eigenvalue weighted by atomic mass is 10.0. The third-order valence-corrected chi connectivity index (χ3v) is 7.05. The van der Waals surface area contributed by atoms with Gasteiger partial charge in [0.15, 0.2) is 5.82 Å². The minimum Gasteiger partial charge on any atom is -0.496 e. The molecular weight excluding hydrogens is 482 g/mol. The van der Waals surface area contributed by atoms with E-state index in [0.29, 0.717) is 30.3 Å². The summed E-state index contributed by atoms with van der Waals surface area (Å²) in [6.45, 7) is 6.73. The number of nitrogens with zero attached hydrogens (tertiary/aromatic N) is 4. The third kappa shape index (κ3) is 7.41. The van der Waals surface area contributed by atoms with Crippen LogP contribution in [0.2, 0.25) is 0 Å². The average molecular weight is 524 g/mol. The summed E-state index contributed by atoms with van der Waals surface area (Å²) in [4.78, 5) is 20.4. The van der Waals surface area contributed by atoms with Crippen LogP contribution >= 0.6 is 0 Å². The molecule has 206 valence electrons. The van der Waals surface area contributed by atoms with Crippen LogP contribution in [0.25, 0.3) is 11.0 Å². The van der Waals surface area contributed by atoms with Gasteiger partial charge in [0.05, 0.1) is 19.9 Å². The molecule has 3 aromatic rings. The summed E-state index contributed by atoms with van der Waals surface area (Å²) in [6, 6.07) is 6.99. The molecule has 0 amide bonds. The van der Waals surface area contributed by atoms with Gasteiger partial charge in [-0.25, -0.2) is 4.98 Å². The fourth-order valence-corrected chi connectivity index (χ4v) is 5.02. The van der Waals surface area contributed by atoms with Crippen LogP contribution in [0.1, 0.15) is 69.9 Å². The maximum Gasteiger partial charge on any atom is 0.222 e. The Morgan fingerprint density at radius 1 is 1.26 bits per heavy atom. The highest BCUT2D eigenvalue weighted by Gasteiger charge is 2.18.